The molecule has 208 valence electrons. The van der Waals surface area contributed by atoms with Crippen molar-refractivity contribution in [3.8, 4) is 0 Å². The van der Waals surface area contributed by atoms with E-state index in [1.54, 1.807) is 24.3 Å². The summed E-state index contributed by atoms with van der Waals surface area (Å²) in [5.74, 6) is -1.80. The van der Waals surface area contributed by atoms with Crippen molar-refractivity contribution in [2.45, 2.75) is 45.3 Å². The van der Waals surface area contributed by atoms with E-state index in [1.165, 1.54) is 23.1 Å². The number of amides is 2. The van der Waals surface area contributed by atoms with Gasteiger partial charge in [0.1, 0.15) is 18.4 Å². The molecule has 3 aromatic rings. The van der Waals surface area contributed by atoms with Gasteiger partial charge in [-0.3, -0.25) is 13.9 Å². The van der Waals surface area contributed by atoms with Gasteiger partial charge in [0.2, 0.25) is 21.8 Å². The van der Waals surface area contributed by atoms with Gasteiger partial charge in [0.05, 0.1) is 11.9 Å². The van der Waals surface area contributed by atoms with Crippen LogP contribution in [-0.4, -0.2) is 50.0 Å². The molecule has 0 aliphatic heterocycles. The first-order chi connectivity index (χ1) is 18.5. The normalized spacial score (nSPS) is 12.8. The van der Waals surface area contributed by atoms with Crippen LogP contribution in [0.1, 0.15) is 31.4 Å². The van der Waals surface area contributed by atoms with Crippen LogP contribution in [0.3, 0.4) is 0 Å². The number of hydrogen-bond donors (Lipinski definition) is 1. The molecule has 2 atom stereocenters. The zero-order chi connectivity index (χ0) is 28.6. The van der Waals surface area contributed by atoms with Gasteiger partial charge in [0, 0.05) is 24.0 Å². The average Bonchev–Trinajstić information content (AvgIpc) is 2.90. The summed E-state index contributed by atoms with van der Waals surface area (Å²) < 4.78 is 40.8. The molecule has 0 saturated carbocycles. The number of carbonyl (C=O) groups is 2. The van der Waals surface area contributed by atoms with E-state index in [0.717, 1.165) is 22.2 Å². The smallest absolute Gasteiger partial charge is 0.244 e. The summed E-state index contributed by atoms with van der Waals surface area (Å²) in [6, 6.07) is 20.3. The van der Waals surface area contributed by atoms with Gasteiger partial charge in [0.25, 0.3) is 0 Å². The Morgan fingerprint density at radius 2 is 1.56 bits per heavy atom. The van der Waals surface area contributed by atoms with Gasteiger partial charge < -0.3 is 10.2 Å². The van der Waals surface area contributed by atoms with E-state index in [-0.39, 0.29) is 30.6 Å². The predicted molar refractivity (Wildman–Crippen MR) is 152 cm³/mol. The van der Waals surface area contributed by atoms with Crippen molar-refractivity contribution in [3.05, 3.63) is 101 Å². The molecule has 3 rings (SSSR count). The molecule has 0 bridgehead atoms. The maximum absolute atomic E-state index is 14.7. The number of anilines is 1. The Morgan fingerprint density at radius 3 is 2.15 bits per heavy atom. The summed E-state index contributed by atoms with van der Waals surface area (Å²) in [6.45, 7) is 3.13. The number of nitrogens with zero attached hydrogens (tertiary/aromatic N) is 2. The van der Waals surface area contributed by atoms with E-state index in [0.29, 0.717) is 17.0 Å². The summed E-state index contributed by atoms with van der Waals surface area (Å²) >= 11 is 6.05. The standard InChI is InChI=1S/C29H33ClFN3O4S/c1-4-21(2)32-29(36)27(18-22-10-6-5-7-11-22)33(19-23-14-16-24(30)17-15-23)28(35)20-34(39(3,37)38)26-13-9-8-12-25(26)31/h5-17,21,27H,4,18-20H2,1-3H3,(H,32,36). The molecule has 0 aliphatic carbocycles. The van der Waals surface area contributed by atoms with Crippen molar-refractivity contribution < 1.29 is 22.4 Å². The van der Waals surface area contributed by atoms with E-state index in [1.807, 2.05) is 44.2 Å². The highest BCUT2D eigenvalue weighted by Gasteiger charge is 2.34. The van der Waals surface area contributed by atoms with Gasteiger partial charge in [-0.25, -0.2) is 12.8 Å². The summed E-state index contributed by atoms with van der Waals surface area (Å²) in [5, 5.41) is 3.47. The minimum atomic E-state index is -4.05. The first kappa shape index (κ1) is 30.1. The van der Waals surface area contributed by atoms with Crippen molar-refractivity contribution in [2.75, 3.05) is 17.1 Å². The average molecular weight is 574 g/mol. The van der Waals surface area contributed by atoms with Gasteiger partial charge in [-0.1, -0.05) is 73.1 Å². The fraction of sp³-hybridized carbons (Fsp3) is 0.310. The molecule has 2 unspecified atom stereocenters. The summed E-state index contributed by atoms with van der Waals surface area (Å²) in [7, 11) is -4.05. The van der Waals surface area contributed by atoms with Crippen molar-refractivity contribution in [1.82, 2.24) is 10.2 Å². The Hall–Kier alpha value is -3.43. The molecule has 0 spiro atoms. The molecule has 0 radical (unpaired) electrons. The lowest BCUT2D eigenvalue weighted by atomic mass is 10.0. The van der Waals surface area contributed by atoms with Crippen LogP contribution < -0.4 is 9.62 Å². The molecule has 39 heavy (non-hydrogen) atoms. The lowest BCUT2D eigenvalue weighted by Gasteiger charge is -2.34. The van der Waals surface area contributed by atoms with Crippen molar-refractivity contribution >= 4 is 39.1 Å². The van der Waals surface area contributed by atoms with Gasteiger partial charge in [-0.2, -0.15) is 0 Å². The Bertz CT molecular complexity index is 1370. The van der Waals surface area contributed by atoms with Crippen LogP contribution in [0.4, 0.5) is 10.1 Å². The SMILES string of the molecule is CCC(C)NC(=O)C(Cc1ccccc1)N(Cc1ccc(Cl)cc1)C(=O)CN(c1ccccc1F)S(C)(=O)=O. The van der Waals surface area contributed by atoms with Gasteiger partial charge in [0.15, 0.2) is 0 Å². The van der Waals surface area contributed by atoms with Gasteiger partial charge >= 0.3 is 0 Å². The highest BCUT2D eigenvalue weighted by molar-refractivity contribution is 7.92. The molecule has 3 aromatic carbocycles. The number of rotatable bonds is 12. The Labute approximate surface area is 234 Å². The third kappa shape index (κ3) is 8.53. The van der Waals surface area contributed by atoms with Crippen molar-refractivity contribution in [3.63, 3.8) is 0 Å². The maximum atomic E-state index is 14.7. The van der Waals surface area contributed by atoms with Crippen LogP contribution in [-0.2, 0) is 32.6 Å². The van der Waals surface area contributed by atoms with Crippen molar-refractivity contribution in [2.24, 2.45) is 0 Å². The highest BCUT2D eigenvalue weighted by atomic mass is 35.5. The molecule has 0 heterocycles. The van der Waals surface area contributed by atoms with Crippen LogP contribution in [0.15, 0.2) is 78.9 Å². The molecule has 0 fully saturated rings. The van der Waals surface area contributed by atoms with Crippen LogP contribution in [0, 0.1) is 5.82 Å². The predicted octanol–water partition coefficient (Wildman–Crippen LogP) is 4.80. The second kappa shape index (κ2) is 13.6. The largest absolute Gasteiger partial charge is 0.352 e. The minimum Gasteiger partial charge on any atom is -0.352 e. The molecule has 0 saturated heterocycles. The lowest BCUT2D eigenvalue weighted by Crippen LogP contribution is -2.54. The van der Waals surface area contributed by atoms with Gasteiger partial charge in [-0.15, -0.1) is 0 Å². The quantitative estimate of drug-likeness (QED) is 0.337. The molecule has 1 N–H and O–H groups in total. The Kier molecular flexibility index (Phi) is 10.5. The monoisotopic (exact) mass is 573 g/mol. The number of carbonyl (C=O) groups excluding carboxylic acids is 2. The first-order valence-electron chi connectivity index (χ1n) is 12.6. The minimum absolute atomic E-state index is 0.0102. The summed E-state index contributed by atoms with van der Waals surface area (Å²) in [6.07, 6.45) is 1.79. The second-order valence-electron chi connectivity index (χ2n) is 9.39. The van der Waals surface area contributed by atoms with Gasteiger partial charge in [-0.05, 0) is 48.7 Å². The molecular formula is C29H33ClFN3O4S. The molecular weight excluding hydrogens is 541 g/mol. The fourth-order valence-corrected chi connectivity index (χ4v) is 5.01. The van der Waals surface area contributed by atoms with Crippen molar-refractivity contribution in [1.29, 1.82) is 0 Å². The molecule has 7 nitrogen and oxygen atoms in total. The maximum Gasteiger partial charge on any atom is 0.244 e. The number of halogens is 2. The number of sulfonamides is 1. The summed E-state index contributed by atoms with van der Waals surface area (Å²) in [4.78, 5) is 28.9. The molecule has 10 heteroatoms. The first-order valence-corrected chi connectivity index (χ1v) is 14.8. The van der Waals surface area contributed by atoms with Crippen LogP contribution >= 0.6 is 11.6 Å². The highest BCUT2D eigenvalue weighted by Crippen LogP contribution is 2.23. The zero-order valence-electron chi connectivity index (χ0n) is 22.2. The van der Waals surface area contributed by atoms with Crippen LogP contribution in [0.2, 0.25) is 5.02 Å². The summed E-state index contributed by atoms with van der Waals surface area (Å²) in [5.41, 5.74) is 1.27. The topological polar surface area (TPSA) is 86.8 Å². The number of benzene rings is 3. The fourth-order valence-electron chi connectivity index (χ4n) is 4.03. The zero-order valence-corrected chi connectivity index (χ0v) is 23.8. The molecule has 0 aromatic heterocycles. The van der Waals surface area contributed by atoms with E-state index in [2.05, 4.69) is 5.32 Å². The van der Waals surface area contributed by atoms with E-state index in [9.17, 15) is 22.4 Å². The van der Waals surface area contributed by atoms with E-state index >= 15 is 0 Å². The van der Waals surface area contributed by atoms with E-state index < -0.39 is 34.3 Å². The Balaban J connectivity index is 2.06. The molecule has 2 amide bonds. The number of para-hydroxylation sites is 1. The third-order valence-electron chi connectivity index (χ3n) is 6.34. The second-order valence-corrected chi connectivity index (χ2v) is 11.7. The van der Waals surface area contributed by atoms with Crippen LogP contribution in [0.25, 0.3) is 0 Å². The number of hydrogen-bond acceptors (Lipinski definition) is 4. The third-order valence-corrected chi connectivity index (χ3v) is 7.72. The van der Waals surface area contributed by atoms with Crippen LogP contribution in [0.5, 0.6) is 0 Å². The Morgan fingerprint density at radius 1 is 0.949 bits per heavy atom. The van der Waals surface area contributed by atoms with E-state index in [4.69, 9.17) is 11.6 Å². The number of nitrogens with one attached hydrogen (secondary N) is 1. The molecule has 0 aliphatic rings. The lowest BCUT2D eigenvalue weighted by molar-refractivity contribution is -0.140.